The summed E-state index contributed by atoms with van der Waals surface area (Å²) >= 11 is 0. The molecular weight excluding hydrogens is 278 g/mol. The Bertz CT molecular complexity index is 617. The summed E-state index contributed by atoms with van der Waals surface area (Å²) in [5.74, 6) is 3.08. The number of aromatic nitrogens is 1. The molecule has 5 unspecified atom stereocenters. The molecule has 0 amide bonds. The van der Waals surface area contributed by atoms with Gasteiger partial charge >= 0.3 is 0 Å². The molecule has 4 bridgehead atoms. The fraction of sp³-hybridized carbons (Fsp3) is 0.706. The number of hydrogen-bond acceptors (Lipinski definition) is 4. The van der Waals surface area contributed by atoms with E-state index in [1.54, 1.807) is 12.1 Å². The molecule has 1 aromatic heterocycles. The topological polar surface area (TPSA) is 68.1 Å². The van der Waals surface area contributed by atoms with Crippen LogP contribution in [0.3, 0.4) is 0 Å². The van der Waals surface area contributed by atoms with Crippen LogP contribution >= 0.6 is 0 Å². The number of anilines is 1. The lowest BCUT2D eigenvalue weighted by atomic mass is 9.44. The van der Waals surface area contributed by atoms with Gasteiger partial charge in [-0.3, -0.25) is 10.1 Å². The van der Waals surface area contributed by atoms with E-state index in [4.69, 9.17) is 0 Å². The maximum absolute atomic E-state index is 10.8. The van der Waals surface area contributed by atoms with Crippen LogP contribution in [0.4, 0.5) is 11.5 Å². The summed E-state index contributed by atoms with van der Waals surface area (Å²) in [6, 6.07) is 3.30. The summed E-state index contributed by atoms with van der Waals surface area (Å²) in [5, 5.41) is 14.5. The van der Waals surface area contributed by atoms with Crippen molar-refractivity contribution in [1.29, 1.82) is 0 Å². The third-order valence-electron chi connectivity index (χ3n) is 6.48. The average molecular weight is 301 g/mol. The summed E-state index contributed by atoms with van der Waals surface area (Å²) in [4.78, 5) is 14.6. The lowest BCUT2D eigenvalue weighted by Crippen LogP contribution is -2.63. The molecule has 22 heavy (non-hydrogen) atoms. The molecule has 5 atom stereocenters. The van der Waals surface area contributed by atoms with Crippen molar-refractivity contribution >= 4 is 11.5 Å². The molecule has 4 aliphatic carbocycles. The first kappa shape index (κ1) is 14.0. The van der Waals surface area contributed by atoms with Gasteiger partial charge in [-0.2, -0.15) is 0 Å². The zero-order chi connectivity index (χ0) is 15.5. The highest BCUT2D eigenvalue weighted by Gasteiger charge is 2.59. The second kappa shape index (κ2) is 4.43. The van der Waals surface area contributed by atoms with E-state index in [0.29, 0.717) is 11.3 Å². The number of nitrogens with one attached hydrogen (secondary N) is 1. The summed E-state index contributed by atoms with van der Waals surface area (Å²) < 4.78 is 0. The van der Waals surface area contributed by atoms with Crippen molar-refractivity contribution < 1.29 is 4.92 Å². The van der Waals surface area contributed by atoms with E-state index in [9.17, 15) is 10.1 Å². The number of nitro groups is 1. The zero-order valence-corrected chi connectivity index (χ0v) is 13.2. The number of rotatable bonds is 3. The van der Waals surface area contributed by atoms with Crippen molar-refractivity contribution in [3.63, 3.8) is 0 Å². The Morgan fingerprint density at radius 2 is 2.18 bits per heavy atom. The predicted molar refractivity (Wildman–Crippen MR) is 84.6 cm³/mol. The molecule has 0 spiro atoms. The Hall–Kier alpha value is -1.65. The molecule has 118 valence electrons. The maximum atomic E-state index is 10.8. The van der Waals surface area contributed by atoms with E-state index in [2.05, 4.69) is 24.1 Å². The highest BCUT2D eigenvalue weighted by Crippen LogP contribution is 2.64. The minimum absolute atomic E-state index is 0.0519. The van der Waals surface area contributed by atoms with Gasteiger partial charge in [0.05, 0.1) is 4.92 Å². The van der Waals surface area contributed by atoms with Crippen LogP contribution in [0.15, 0.2) is 18.3 Å². The molecule has 1 N–H and O–H groups in total. The van der Waals surface area contributed by atoms with Gasteiger partial charge < -0.3 is 5.32 Å². The molecule has 1 aromatic rings. The molecule has 4 fully saturated rings. The van der Waals surface area contributed by atoms with Crippen molar-refractivity contribution in [2.24, 2.45) is 23.2 Å². The predicted octanol–water partition coefficient (Wildman–Crippen LogP) is 4.01. The van der Waals surface area contributed by atoms with E-state index < -0.39 is 4.92 Å². The van der Waals surface area contributed by atoms with Crippen LogP contribution in [0.2, 0.25) is 0 Å². The zero-order valence-electron chi connectivity index (χ0n) is 13.2. The molecule has 5 nitrogen and oxygen atoms in total. The van der Waals surface area contributed by atoms with Crippen molar-refractivity contribution in [1.82, 2.24) is 4.98 Å². The van der Waals surface area contributed by atoms with Crippen LogP contribution in [-0.2, 0) is 0 Å². The first-order chi connectivity index (χ1) is 10.4. The summed E-state index contributed by atoms with van der Waals surface area (Å²) in [7, 11) is 0. The maximum Gasteiger partial charge on any atom is 0.287 e. The summed E-state index contributed by atoms with van der Waals surface area (Å²) in [6.45, 7) is 4.82. The van der Waals surface area contributed by atoms with Crippen molar-refractivity contribution in [3.8, 4) is 0 Å². The quantitative estimate of drug-likeness (QED) is 0.676. The van der Waals surface area contributed by atoms with Crippen LogP contribution in [0.5, 0.6) is 0 Å². The van der Waals surface area contributed by atoms with E-state index in [0.717, 1.165) is 17.7 Å². The number of nitrogens with zero attached hydrogens (tertiary/aromatic N) is 2. The molecule has 0 radical (unpaired) electrons. The van der Waals surface area contributed by atoms with Crippen LogP contribution in [0.25, 0.3) is 0 Å². The fourth-order valence-electron chi connectivity index (χ4n) is 5.87. The van der Waals surface area contributed by atoms with Crippen LogP contribution in [-0.4, -0.2) is 15.4 Å². The standard InChI is InChI=1S/C17H23N3O2/c1-11-13-5-12-6-16(2,8-13)10-17(11,7-12)19-15-4-3-14(9-18-15)20(21)22/h3-4,9,11-13H,5-8,10H2,1-2H3,(H,18,19). The first-order valence-corrected chi connectivity index (χ1v) is 8.28. The highest BCUT2D eigenvalue weighted by atomic mass is 16.6. The fourth-order valence-corrected chi connectivity index (χ4v) is 5.87. The monoisotopic (exact) mass is 301 g/mol. The average Bonchev–Trinajstić information content (AvgIpc) is 2.43. The number of hydrogen-bond donors (Lipinski definition) is 1. The molecule has 0 aliphatic heterocycles. The van der Waals surface area contributed by atoms with Gasteiger partial charge in [-0.15, -0.1) is 0 Å². The Morgan fingerprint density at radius 1 is 1.36 bits per heavy atom. The van der Waals surface area contributed by atoms with Gasteiger partial charge in [-0.05, 0) is 61.3 Å². The smallest absolute Gasteiger partial charge is 0.287 e. The molecule has 4 aliphatic rings. The van der Waals surface area contributed by atoms with Crippen molar-refractivity contribution in [2.75, 3.05) is 5.32 Å². The second-order valence-corrected chi connectivity index (χ2v) is 8.19. The van der Waals surface area contributed by atoms with Crippen LogP contribution < -0.4 is 5.32 Å². The third kappa shape index (κ3) is 2.02. The lowest BCUT2D eigenvalue weighted by molar-refractivity contribution is -0.385. The largest absolute Gasteiger partial charge is 0.364 e. The Kier molecular flexibility index (Phi) is 2.81. The molecule has 5 rings (SSSR count). The first-order valence-electron chi connectivity index (χ1n) is 8.28. The molecule has 0 aromatic carbocycles. The van der Waals surface area contributed by atoms with Gasteiger partial charge in [0.25, 0.3) is 5.69 Å². The summed E-state index contributed by atoms with van der Waals surface area (Å²) in [5.41, 5.74) is 0.643. The highest BCUT2D eigenvalue weighted by molar-refractivity contribution is 5.43. The van der Waals surface area contributed by atoms with Crippen LogP contribution in [0, 0.1) is 33.3 Å². The molecule has 5 heteroatoms. The van der Waals surface area contributed by atoms with E-state index in [-0.39, 0.29) is 11.2 Å². The Morgan fingerprint density at radius 3 is 2.82 bits per heavy atom. The van der Waals surface area contributed by atoms with Gasteiger partial charge in [0.1, 0.15) is 12.0 Å². The molecule has 0 saturated heterocycles. The third-order valence-corrected chi connectivity index (χ3v) is 6.48. The normalized spacial score (nSPS) is 42.4. The van der Waals surface area contributed by atoms with E-state index in [1.807, 2.05) is 0 Å². The second-order valence-electron chi connectivity index (χ2n) is 8.19. The minimum Gasteiger partial charge on any atom is -0.364 e. The van der Waals surface area contributed by atoms with Gasteiger partial charge in [-0.1, -0.05) is 13.8 Å². The Labute approximate surface area is 130 Å². The molecule has 1 heterocycles. The van der Waals surface area contributed by atoms with Gasteiger partial charge in [0.2, 0.25) is 0 Å². The minimum atomic E-state index is -0.398. The summed E-state index contributed by atoms with van der Waals surface area (Å²) in [6.07, 6.45) is 7.89. The SMILES string of the molecule is CC1C2CC3CC(C)(C2)CC1(Nc1ccc([N+](=O)[O-])cn1)C3. The van der Waals surface area contributed by atoms with Gasteiger partial charge in [0.15, 0.2) is 0 Å². The van der Waals surface area contributed by atoms with Crippen molar-refractivity contribution in [3.05, 3.63) is 28.4 Å². The van der Waals surface area contributed by atoms with Gasteiger partial charge in [-0.25, -0.2) is 4.98 Å². The molecular formula is C17H23N3O2. The van der Waals surface area contributed by atoms with Crippen molar-refractivity contribution in [2.45, 2.75) is 51.5 Å². The van der Waals surface area contributed by atoms with E-state index in [1.165, 1.54) is 38.3 Å². The lowest BCUT2D eigenvalue weighted by Gasteiger charge is -2.64. The Balaban J connectivity index is 1.62. The number of pyridine rings is 1. The van der Waals surface area contributed by atoms with Gasteiger partial charge in [0, 0.05) is 11.6 Å². The van der Waals surface area contributed by atoms with E-state index >= 15 is 0 Å². The molecule has 4 saturated carbocycles. The van der Waals surface area contributed by atoms with Crippen LogP contribution in [0.1, 0.15) is 46.0 Å².